The van der Waals surface area contributed by atoms with Gasteiger partial charge in [0.15, 0.2) is 0 Å². The van der Waals surface area contributed by atoms with Crippen LogP contribution in [-0.4, -0.2) is 12.3 Å². The molecule has 0 aliphatic rings. The van der Waals surface area contributed by atoms with Gasteiger partial charge in [-0.05, 0) is 30.7 Å². The van der Waals surface area contributed by atoms with Crippen LogP contribution in [-0.2, 0) is 0 Å². The lowest BCUT2D eigenvalue weighted by Crippen LogP contribution is -2.06. The molecule has 0 heterocycles. The molecule has 0 unspecified atom stereocenters. The molecule has 2 aromatic carbocycles. The zero-order chi connectivity index (χ0) is 13.7. The quantitative estimate of drug-likeness (QED) is 0.640. The number of nitrogens with one attached hydrogen (secondary N) is 1. The third-order valence-corrected chi connectivity index (χ3v) is 3.69. The number of aryl methyl sites for hydroxylation is 1. The summed E-state index contributed by atoms with van der Waals surface area (Å²) in [4.78, 5) is 1.17. The topological polar surface area (TPSA) is 12.0 Å². The molecule has 2 aromatic rings. The first kappa shape index (κ1) is 13.9. The van der Waals surface area contributed by atoms with E-state index in [0.29, 0.717) is 12.1 Å². The van der Waals surface area contributed by atoms with Crippen LogP contribution in [0.2, 0.25) is 0 Å². The SMILES string of the molecule is Cc1cc(F)c(NCCSc2ccccc2)cc1F. The lowest BCUT2D eigenvalue weighted by molar-refractivity contribution is 0.595. The van der Waals surface area contributed by atoms with Gasteiger partial charge in [0.05, 0.1) is 5.69 Å². The third-order valence-electron chi connectivity index (χ3n) is 2.68. The molecule has 19 heavy (non-hydrogen) atoms. The summed E-state index contributed by atoms with van der Waals surface area (Å²) >= 11 is 1.67. The zero-order valence-electron chi connectivity index (χ0n) is 10.6. The molecule has 0 radical (unpaired) electrons. The van der Waals surface area contributed by atoms with Crippen LogP contribution in [0.5, 0.6) is 0 Å². The summed E-state index contributed by atoms with van der Waals surface area (Å²) in [5.41, 5.74) is 0.540. The van der Waals surface area contributed by atoms with Crippen LogP contribution in [0.1, 0.15) is 5.56 Å². The van der Waals surface area contributed by atoms with Gasteiger partial charge in [0.25, 0.3) is 0 Å². The highest BCUT2D eigenvalue weighted by molar-refractivity contribution is 7.99. The molecular weight excluding hydrogens is 264 g/mol. The van der Waals surface area contributed by atoms with Gasteiger partial charge in [0, 0.05) is 23.3 Å². The molecular formula is C15H15F2NS. The van der Waals surface area contributed by atoms with Gasteiger partial charge in [-0.25, -0.2) is 8.78 Å². The molecule has 1 N–H and O–H groups in total. The number of anilines is 1. The summed E-state index contributed by atoms with van der Waals surface area (Å²) in [5, 5.41) is 2.92. The van der Waals surface area contributed by atoms with Gasteiger partial charge in [-0.2, -0.15) is 0 Å². The molecule has 0 bridgehead atoms. The van der Waals surface area contributed by atoms with Crippen molar-refractivity contribution >= 4 is 17.4 Å². The van der Waals surface area contributed by atoms with Gasteiger partial charge in [0.1, 0.15) is 11.6 Å². The predicted octanol–water partition coefficient (Wildman–Crippen LogP) is 4.48. The maximum atomic E-state index is 13.5. The lowest BCUT2D eigenvalue weighted by Gasteiger charge is -2.08. The molecule has 0 saturated heterocycles. The first-order chi connectivity index (χ1) is 9.16. The van der Waals surface area contributed by atoms with Crippen LogP contribution in [0.4, 0.5) is 14.5 Å². The van der Waals surface area contributed by atoms with Crippen molar-refractivity contribution in [3.63, 3.8) is 0 Å². The molecule has 0 atom stereocenters. The Kier molecular flexibility index (Phi) is 4.80. The van der Waals surface area contributed by atoms with Gasteiger partial charge in [-0.3, -0.25) is 0 Å². The number of halogens is 2. The van der Waals surface area contributed by atoms with Crippen molar-refractivity contribution in [2.45, 2.75) is 11.8 Å². The molecule has 0 aliphatic heterocycles. The summed E-state index contributed by atoms with van der Waals surface area (Å²) in [7, 11) is 0. The van der Waals surface area contributed by atoms with Crippen molar-refractivity contribution in [3.8, 4) is 0 Å². The predicted molar refractivity (Wildman–Crippen MR) is 76.8 cm³/mol. The number of thioether (sulfide) groups is 1. The Hall–Kier alpha value is -1.55. The Morgan fingerprint density at radius 1 is 1.05 bits per heavy atom. The van der Waals surface area contributed by atoms with E-state index in [2.05, 4.69) is 5.32 Å². The molecule has 2 rings (SSSR count). The standard InChI is InChI=1S/C15H15F2NS/c1-11-9-14(17)15(10-13(11)16)18-7-8-19-12-5-3-2-4-6-12/h2-6,9-10,18H,7-8H2,1H3. The summed E-state index contributed by atoms with van der Waals surface area (Å²) in [6, 6.07) is 12.4. The summed E-state index contributed by atoms with van der Waals surface area (Å²) < 4.78 is 26.9. The molecule has 100 valence electrons. The van der Waals surface area contributed by atoms with Crippen LogP contribution in [0.25, 0.3) is 0 Å². The van der Waals surface area contributed by atoms with E-state index in [1.54, 1.807) is 18.7 Å². The first-order valence-corrected chi connectivity index (χ1v) is 7.03. The maximum absolute atomic E-state index is 13.5. The number of hydrogen-bond donors (Lipinski definition) is 1. The minimum absolute atomic E-state index is 0.219. The van der Waals surface area contributed by atoms with E-state index in [1.165, 1.54) is 17.0 Å². The second kappa shape index (κ2) is 6.57. The van der Waals surface area contributed by atoms with Crippen molar-refractivity contribution < 1.29 is 8.78 Å². The van der Waals surface area contributed by atoms with E-state index in [4.69, 9.17) is 0 Å². The van der Waals surface area contributed by atoms with Crippen LogP contribution < -0.4 is 5.32 Å². The van der Waals surface area contributed by atoms with Crippen molar-refractivity contribution in [2.75, 3.05) is 17.6 Å². The fourth-order valence-electron chi connectivity index (χ4n) is 1.65. The minimum atomic E-state index is -0.413. The Morgan fingerprint density at radius 3 is 2.53 bits per heavy atom. The third kappa shape index (κ3) is 3.96. The molecule has 0 aliphatic carbocycles. The summed E-state index contributed by atoms with van der Waals surface area (Å²) in [6.07, 6.45) is 0. The van der Waals surface area contributed by atoms with Crippen molar-refractivity contribution in [1.82, 2.24) is 0 Å². The average Bonchev–Trinajstić information content (AvgIpc) is 2.41. The lowest BCUT2D eigenvalue weighted by atomic mass is 10.2. The molecule has 0 fully saturated rings. The van der Waals surface area contributed by atoms with Crippen LogP contribution in [0.3, 0.4) is 0 Å². The molecule has 0 amide bonds. The fourth-order valence-corrected chi connectivity index (χ4v) is 2.44. The van der Waals surface area contributed by atoms with Crippen LogP contribution >= 0.6 is 11.8 Å². The molecule has 0 aromatic heterocycles. The van der Waals surface area contributed by atoms with E-state index in [9.17, 15) is 8.78 Å². The number of rotatable bonds is 5. The Morgan fingerprint density at radius 2 is 1.79 bits per heavy atom. The normalized spacial score (nSPS) is 10.5. The second-order valence-corrected chi connectivity index (χ2v) is 5.34. The fraction of sp³-hybridized carbons (Fsp3) is 0.200. The highest BCUT2D eigenvalue weighted by Crippen LogP contribution is 2.20. The smallest absolute Gasteiger partial charge is 0.146 e. The van der Waals surface area contributed by atoms with E-state index < -0.39 is 5.82 Å². The highest BCUT2D eigenvalue weighted by Gasteiger charge is 2.06. The molecule has 0 spiro atoms. The number of hydrogen-bond acceptors (Lipinski definition) is 2. The van der Waals surface area contributed by atoms with E-state index in [0.717, 1.165) is 5.75 Å². The van der Waals surface area contributed by atoms with E-state index in [-0.39, 0.29) is 11.5 Å². The number of benzene rings is 2. The van der Waals surface area contributed by atoms with Crippen molar-refractivity contribution in [2.24, 2.45) is 0 Å². The van der Waals surface area contributed by atoms with Crippen LogP contribution in [0, 0.1) is 18.6 Å². The van der Waals surface area contributed by atoms with Gasteiger partial charge >= 0.3 is 0 Å². The average molecular weight is 279 g/mol. The van der Waals surface area contributed by atoms with Gasteiger partial charge in [-0.1, -0.05) is 18.2 Å². The van der Waals surface area contributed by atoms with Gasteiger partial charge in [-0.15, -0.1) is 11.8 Å². The van der Waals surface area contributed by atoms with Crippen molar-refractivity contribution in [1.29, 1.82) is 0 Å². The molecule has 4 heteroatoms. The Bertz CT molecular complexity index is 543. The highest BCUT2D eigenvalue weighted by atomic mass is 32.2. The molecule has 0 saturated carbocycles. The zero-order valence-corrected chi connectivity index (χ0v) is 11.4. The maximum Gasteiger partial charge on any atom is 0.146 e. The van der Waals surface area contributed by atoms with Gasteiger partial charge in [0.2, 0.25) is 0 Å². The van der Waals surface area contributed by atoms with Crippen LogP contribution in [0.15, 0.2) is 47.4 Å². The Labute approximate surface area is 116 Å². The first-order valence-electron chi connectivity index (χ1n) is 6.04. The Balaban J connectivity index is 1.85. The monoisotopic (exact) mass is 279 g/mol. The van der Waals surface area contributed by atoms with E-state index in [1.807, 2.05) is 30.3 Å². The second-order valence-electron chi connectivity index (χ2n) is 4.17. The minimum Gasteiger partial charge on any atom is -0.382 e. The largest absolute Gasteiger partial charge is 0.382 e. The van der Waals surface area contributed by atoms with Gasteiger partial charge < -0.3 is 5.32 Å². The molecule has 1 nitrogen and oxygen atoms in total. The summed E-state index contributed by atoms with van der Waals surface area (Å²) in [6.45, 7) is 2.13. The van der Waals surface area contributed by atoms with Crippen molar-refractivity contribution in [3.05, 3.63) is 59.7 Å². The summed E-state index contributed by atoms with van der Waals surface area (Å²) in [5.74, 6) is -0.0119. The van der Waals surface area contributed by atoms with E-state index >= 15 is 0 Å².